The molecule has 0 aliphatic carbocycles. The van der Waals surface area contributed by atoms with Crippen LogP contribution < -0.4 is 10.1 Å². The molecule has 138 valence electrons. The standard InChI is InChI=1S/C21H16N4O3/c1-27-21-16(10-15(11-24-21)18-8-5-9-28-18)17-12-23-19(13-22-17)25-20(26)14-6-3-2-4-7-14/h2-13H,1H3,(H,23,25,26). The first-order chi connectivity index (χ1) is 13.7. The minimum absolute atomic E-state index is 0.248. The largest absolute Gasteiger partial charge is 0.481 e. The first-order valence-electron chi connectivity index (χ1n) is 8.51. The first kappa shape index (κ1) is 17.4. The molecule has 0 saturated carbocycles. The number of aromatic nitrogens is 3. The Morgan fingerprint density at radius 1 is 1.00 bits per heavy atom. The van der Waals surface area contributed by atoms with Gasteiger partial charge < -0.3 is 14.5 Å². The van der Waals surface area contributed by atoms with E-state index in [9.17, 15) is 4.79 Å². The van der Waals surface area contributed by atoms with E-state index in [0.717, 1.165) is 5.56 Å². The molecule has 1 aromatic carbocycles. The molecule has 0 radical (unpaired) electrons. The maximum Gasteiger partial charge on any atom is 0.256 e. The molecule has 0 fully saturated rings. The molecule has 4 aromatic rings. The third-order valence-electron chi connectivity index (χ3n) is 4.06. The summed E-state index contributed by atoms with van der Waals surface area (Å²) >= 11 is 0. The summed E-state index contributed by atoms with van der Waals surface area (Å²) in [6, 6.07) is 14.4. The van der Waals surface area contributed by atoms with Gasteiger partial charge in [-0.2, -0.15) is 0 Å². The van der Waals surface area contributed by atoms with E-state index in [1.165, 1.54) is 6.20 Å². The molecule has 1 N–H and O–H groups in total. The second kappa shape index (κ2) is 7.71. The minimum Gasteiger partial charge on any atom is -0.481 e. The van der Waals surface area contributed by atoms with E-state index in [2.05, 4.69) is 20.3 Å². The number of rotatable bonds is 5. The lowest BCUT2D eigenvalue weighted by Gasteiger charge is -2.09. The summed E-state index contributed by atoms with van der Waals surface area (Å²) in [7, 11) is 1.54. The molecule has 7 heteroatoms. The summed E-state index contributed by atoms with van der Waals surface area (Å²) in [6.45, 7) is 0. The normalized spacial score (nSPS) is 10.5. The van der Waals surface area contributed by atoms with Gasteiger partial charge >= 0.3 is 0 Å². The summed E-state index contributed by atoms with van der Waals surface area (Å²) in [4.78, 5) is 25.2. The predicted molar refractivity (Wildman–Crippen MR) is 104 cm³/mol. The number of benzene rings is 1. The summed E-state index contributed by atoms with van der Waals surface area (Å²) in [5.74, 6) is 1.22. The van der Waals surface area contributed by atoms with Gasteiger partial charge in [0.1, 0.15) is 5.76 Å². The van der Waals surface area contributed by atoms with Gasteiger partial charge in [-0.15, -0.1) is 0 Å². The maximum atomic E-state index is 12.2. The monoisotopic (exact) mass is 372 g/mol. The topological polar surface area (TPSA) is 90.1 Å². The zero-order valence-electron chi connectivity index (χ0n) is 15.0. The van der Waals surface area contributed by atoms with Crippen LogP contribution in [0.3, 0.4) is 0 Å². The van der Waals surface area contributed by atoms with Crippen LogP contribution >= 0.6 is 0 Å². The summed E-state index contributed by atoms with van der Waals surface area (Å²) in [5.41, 5.74) is 2.58. The van der Waals surface area contributed by atoms with Crippen LogP contribution in [0.4, 0.5) is 5.82 Å². The molecule has 3 aromatic heterocycles. The van der Waals surface area contributed by atoms with E-state index >= 15 is 0 Å². The molecule has 0 unspecified atom stereocenters. The average molecular weight is 372 g/mol. The molecule has 4 rings (SSSR count). The highest BCUT2D eigenvalue weighted by Gasteiger charge is 2.13. The van der Waals surface area contributed by atoms with E-state index in [0.29, 0.717) is 34.3 Å². The molecular weight excluding hydrogens is 356 g/mol. The summed E-state index contributed by atoms with van der Waals surface area (Å²) in [6.07, 6.45) is 6.33. The van der Waals surface area contributed by atoms with Crippen LogP contribution in [0.15, 0.2) is 77.8 Å². The lowest BCUT2D eigenvalue weighted by molar-refractivity contribution is 0.102. The maximum absolute atomic E-state index is 12.2. The summed E-state index contributed by atoms with van der Waals surface area (Å²) in [5, 5.41) is 2.72. The van der Waals surface area contributed by atoms with Crippen LogP contribution in [-0.4, -0.2) is 28.0 Å². The number of pyridine rings is 1. The number of carbonyl (C=O) groups is 1. The van der Waals surface area contributed by atoms with E-state index in [1.54, 1.807) is 50.0 Å². The smallest absolute Gasteiger partial charge is 0.256 e. The highest BCUT2D eigenvalue weighted by Crippen LogP contribution is 2.31. The Labute approximate surface area is 161 Å². The Balaban J connectivity index is 1.60. The van der Waals surface area contributed by atoms with Crippen molar-refractivity contribution in [1.29, 1.82) is 0 Å². The Morgan fingerprint density at radius 2 is 1.86 bits per heavy atom. The van der Waals surface area contributed by atoms with E-state index in [-0.39, 0.29) is 5.91 Å². The van der Waals surface area contributed by atoms with E-state index < -0.39 is 0 Å². The van der Waals surface area contributed by atoms with Gasteiger partial charge in [0.25, 0.3) is 5.91 Å². The van der Waals surface area contributed by atoms with Crippen molar-refractivity contribution in [2.24, 2.45) is 0 Å². The Morgan fingerprint density at radius 3 is 2.54 bits per heavy atom. The molecule has 3 heterocycles. The molecule has 0 spiro atoms. The molecule has 28 heavy (non-hydrogen) atoms. The Kier molecular flexibility index (Phi) is 4.79. The van der Waals surface area contributed by atoms with Gasteiger partial charge in [-0.05, 0) is 30.3 Å². The van der Waals surface area contributed by atoms with Gasteiger partial charge in [-0.25, -0.2) is 9.97 Å². The van der Waals surface area contributed by atoms with Crippen molar-refractivity contribution < 1.29 is 13.9 Å². The van der Waals surface area contributed by atoms with Crippen molar-refractivity contribution >= 4 is 11.7 Å². The van der Waals surface area contributed by atoms with Crippen molar-refractivity contribution in [3.63, 3.8) is 0 Å². The van der Waals surface area contributed by atoms with Crippen molar-refractivity contribution in [3.05, 3.63) is 78.9 Å². The van der Waals surface area contributed by atoms with Gasteiger partial charge in [-0.3, -0.25) is 9.78 Å². The van der Waals surface area contributed by atoms with Crippen LogP contribution in [-0.2, 0) is 0 Å². The van der Waals surface area contributed by atoms with Crippen LogP contribution in [0, 0.1) is 0 Å². The van der Waals surface area contributed by atoms with Crippen LogP contribution in [0.1, 0.15) is 10.4 Å². The second-order valence-corrected chi connectivity index (χ2v) is 5.87. The highest BCUT2D eigenvalue weighted by atomic mass is 16.5. The third kappa shape index (κ3) is 3.59. The number of methoxy groups -OCH3 is 1. The minimum atomic E-state index is -0.248. The lowest BCUT2D eigenvalue weighted by atomic mass is 10.1. The molecule has 0 aliphatic heterocycles. The molecule has 0 saturated heterocycles. The first-order valence-corrected chi connectivity index (χ1v) is 8.51. The lowest BCUT2D eigenvalue weighted by Crippen LogP contribution is -2.13. The van der Waals surface area contributed by atoms with Crippen molar-refractivity contribution in [2.75, 3.05) is 12.4 Å². The number of ether oxygens (including phenoxy) is 1. The number of nitrogens with zero attached hydrogens (tertiary/aromatic N) is 3. The van der Waals surface area contributed by atoms with Crippen molar-refractivity contribution in [3.8, 4) is 28.5 Å². The zero-order chi connectivity index (χ0) is 19.3. The van der Waals surface area contributed by atoms with Gasteiger partial charge in [0.2, 0.25) is 5.88 Å². The molecule has 0 aliphatic rings. The summed E-state index contributed by atoms with van der Waals surface area (Å²) < 4.78 is 10.8. The number of hydrogen-bond donors (Lipinski definition) is 1. The number of furan rings is 1. The third-order valence-corrected chi connectivity index (χ3v) is 4.06. The zero-order valence-corrected chi connectivity index (χ0v) is 15.0. The quantitative estimate of drug-likeness (QED) is 0.568. The molecular formula is C21H16N4O3. The highest BCUT2D eigenvalue weighted by molar-refractivity contribution is 6.03. The molecule has 0 atom stereocenters. The van der Waals surface area contributed by atoms with Gasteiger partial charge in [0.05, 0.1) is 37.0 Å². The molecule has 7 nitrogen and oxygen atoms in total. The molecule has 0 bridgehead atoms. The van der Waals surface area contributed by atoms with Gasteiger partial charge in [0.15, 0.2) is 5.82 Å². The van der Waals surface area contributed by atoms with Gasteiger partial charge in [-0.1, -0.05) is 18.2 Å². The SMILES string of the molecule is COc1ncc(-c2ccco2)cc1-c1cnc(NC(=O)c2ccccc2)cn1. The Bertz CT molecular complexity index is 1080. The van der Waals surface area contributed by atoms with Crippen LogP contribution in [0.25, 0.3) is 22.6 Å². The second-order valence-electron chi connectivity index (χ2n) is 5.87. The number of nitrogens with one attached hydrogen (secondary N) is 1. The fourth-order valence-electron chi connectivity index (χ4n) is 2.69. The fraction of sp³-hybridized carbons (Fsp3) is 0.0476. The van der Waals surface area contributed by atoms with Crippen LogP contribution in [0.5, 0.6) is 5.88 Å². The average Bonchev–Trinajstić information content (AvgIpc) is 3.29. The predicted octanol–water partition coefficient (Wildman–Crippen LogP) is 4.06. The van der Waals surface area contributed by atoms with Gasteiger partial charge in [0, 0.05) is 17.3 Å². The Hall–Kier alpha value is -4.00. The van der Waals surface area contributed by atoms with E-state index in [1.807, 2.05) is 24.3 Å². The van der Waals surface area contributed by atoms with Crippen molar-refractivity contribution in [2.45, 2.75) is 0 Å². The molecule has 1 amide bonds. The van der Waals surface area contributed by atoms with Crippen molar-refractivity contribution in [1.82, 2.24) is 15.0 Å². The fourth-order valence-corrected chi connectivity index (χ4v) is 2.69. The number of amides is 1. The number of hydrogen-bond acceptors (Lipinski definition) is 6. The number of carbonyl (C=O) groups excluding carboxylic acids is 1. The van der Waals surface area contributed by atoms with Crippen LogP contribution in [0.2, 0.25) is 0 Å². The number of anilines is 1. The van der Waals surface area contributed by atoms with E-state index in [4.69, 9.17) is 9.15 Å².